The van der Waals surface area contributed by atoms with Crippen LogP contribution >= 0.6 is 0 Å². The van der Waals surface area contributed by atoms with Gasteiger partial charge < -0.3 is 5.32 Å². The molecule has 2 aromatic carbocycles. The van der Waals surface area contributed by atoms with Gasteiger partial charge in [-0.15, -0.1) is 0 Å². The molecule has 1 aliphatic heterocycles. The fourth-order valence-electron chi connectivity index (χ4n) is 2.83. The second-order valence-corrected chi connectivity index (χ2v) is 8.67. The Labute approximate surface area is 182 Å². The van der Waals surface area contributed by atoms with Gasteiger partial charge in [-0.25, -0.2) is 18.1 Å². The van der Waals surface area contributed by atoms with Crippen molar-refractivity contribution in [1.82, 2.24) is 9.73 Å². The normalized spacial score (nSPS) is 14.8. The van der Waals surface area contributed by atoms with Crippen LogP contribution in [-0.4, -0.2) is 43.7 Å². The highest BCUT2D eigenvalue weighted by Gasteiger charge is 2.30. The van der Waals surface area contributed by atoms with Gasteiger partial charge in [-0.2, -0.15) is 18.3 Å². The van der Waals surface area contributed by atoms with Crippen LogP contribution in [-0.2, 0) is 26.2 Å². The summed E-state index contributed by atoms with van der Waals surface area (Å²) in [7, 11) is -4.35. The molecule has 170 valence electrons. The summed E-state index contributed by atoms with van der Waals surface area (Å²) < 4.78 is 62.1. The van der Waals surface area contributed by atoms with Crippen LogP contribution in [0.2, 0.25) is 0 Å². The molecule has 32 heavy (non-hydrogen) atoms. The third kappa shape index (κ3) is 6.37. The zero-order valence-corrected chi connectivity index (χ0v) is 17.4. The summed E-state index contributed by atoms with van der Waals surface area (Å²) in [6.45, 7) is -1.47. The summed E-state index contributed by atoms with van der Waals surface area (Å²) in [6.07, 6.45) is -4.43. The third-order valence-electron chi connectivity index (χ3n) is 4.43. The molecule has 2 amide bonds. The van der Waals surface area contributed by atoms with Gasteiger partial charge in [-0.3, -0.25) is 9.59 Å². The molecule has 0 bridgehead atoms. The molecule has 0 radical (unpaired) electrons. The Bertz CT molecular complexity index is 1120. The van der Waals surface area contributed by atoms with E-state index in [1.807, 2.05) is 30.3 Å². The molecule has 0 unspecified atom stereocenters. The number of rotatable bonds is 7. The first-order chi connectivity index (χ1) is 15.0. The number of anilines is 1. The van der Waals surface area contributed by atoms with Crippen molar-refractivity contribution in [3.05, 3.63) is 60.2 Å². The van der Waals surface area contributed by atoms with Gasteiger partial charge in [0.2, 0.25) is 15.9 Å². The van der Waals surface area contributed by atoms with Crippen LogP contribution in [0.1, 0.15) is 18.4 Å². The highest BCUT2D eigenvalue weighted by molar-refractivity contribution is 7.89. The molecule has 0 spiro atoms. The molecule has 1 heterocycles. The second kappa shape index (κ2) is 9.49. The third-order valence-corrected chi connectivity index (χ3v) is 5.84. The van der Waals surface area contributed by atoms with Crippen molar-refractivity contribution in [3.8, 4) is 0 Å². The first-order valence-corrected chi connectivity index (χ1v) is 10.9. The minimum absolute atomic E-state index is 0.112. The van der Waals surface area contributed by atoms with Gasteiger partial charge in [0.15, 0.2) is 0 Å². The van der Waals surface area contributed by atoms with Gasteiger partial charge in [-0.1, -0.05) is 30.3 Å². The number of nitrogens with zero attached hydrogens (tertiary/aromatic N) is 2. The first-order valence-electron chi connectivity index (χ1n) is 9.43. The molecule has 1 aliphatic rings. The van der Waals surface area contributed by atoms with Gasteiger partial charge >= 0.3 is 6.18 Å². The number of hydrazone groups is 1. The van der Waals surface area contributed by atoms with Crippen LogP contribution in [0.25, 0.3) is 0 Å². The van der Waals surface area contributed by atoms with E-state index in [4.69, 9.17) is 0 Å². The molecule has 2 N–H and O–H groups in total. The van der Waals surface area contributed by atoms with E-state index in [0.29, 0.717) is 0 Å². The zero-order chi connectivity index (χ0) is 23.4. The number of carbonyl (C=O) groups excluding carboxylic acids is 2. The molecular formula is C20H19F3N4O4S. The highest BCUT2D eigenvalue weighted by atomic mass is 32.2. The van der Waals surface area contributed by atoms with Gasteiger partial charge in [0, 0.05) is 18.5 Å². The zero-order valence-electron chi connectivity index (χ0n) is 16.6. The van der Waals surface area contributed by atoms with Crippen molar-refractivity contribution < 1.29 is 31.2 Å². The lowest BCUT2D eigenvalue weighted by atomic mass is 10.1. The van der Waals surface area contributed by atoms with E-state index in [-0.39, 0.29) is 41.6 Å². The predicted molar refractivity (Wildman–Crippen MR) is 110 cm³/mol. The molecule has 3 rings (SSSR count). The number of carbonyl (C=O) groups is 2. The first kappa shape index (κ1) is 23.4. The molecule has 0 fully saturated rings. The molecule has 0 atom stereocenters. The monoisotopic (exact) mass is 468 g/mol. The summed E-state index contributed by atoms with van der Waals surface area (Å²) >= 11 is 0. The van der Waals surface area contributed by atoms with Gasteiger partial charge in [0.05, 0.1) is 11.4 Å². The second-order valence-electron chi connectivity index (χ2n) is 6.90. The molecule has 0 saturated heterocycles. The summed E-state index contributed by atoms with van der Waals surface area (Å²) in [5, 5.41) is 7.90. The Hall–Kier alpha value is -3.25. The summed E-state index contributed by atoms with van der Waals surface area (Å²) in [6, 6.07) is 13.8. The van der Waals surface area contributed by atoms with Crippen LogP contribution in [0.5, 0.6) is 0 Å². The van der Waals surface area contributed by atoms with E-state index in [9.17, 15) is 31.2 Å². The number of halogens is 3. The Morgan fingerprint density at radius 1 is 1.03 bits per heavy atom. The smallest absolute Gasteiger partial charge is 0.321 e. The van der Waals surface area contributed by atoms with Crippen molar-refractivity contribution in [3.63, 3.8) is 0 Å². The standard InChI is InChI=1S/C20H19F3N4O4S/c21-20(22,23)13-24-32(30,31)16-8-6-15(7-9-16)25-19(29)17-10-11-18(28)27(26-17)12-14-4-2-1-3-5-14/h1-9,24H,10-13H2,(H,25,29). The summed E-state index contributed by atoms with van der Waals surface area (Å²) in [4.78, 5) is 24.3. The van der Waals surface area contributed by atoms with Gasteiger partial charge in [-0.05, 0) is 29.8 Å². The van der Waals surface area contributed by atoms with Crippen LogP contribution in [0.15, 0.2) is 64.6 Å². The van der Waals surface area contributed by atoms with Crippen LogP contribution in [0.4, 0.5) is 18.9 Å². The number of benzene rings is 2. The van der Waals surface area contributed by atoms with E-state index >= 15 is 0 Å². The Morgan fingerprint density at radius 2 is 1.69 bits per heavy atom. The van der Waals surface area contributed by atoms with Gasteiger partial charge in [0.1, 0.15) is 12.3 Å². The fourth-order valence-corrected chi connectivity index (χ4v) is 3.84. The fraction of sp³-hybridized carbons (Fsp3) is 0.250. The molecule has 8 nitrogen and oxygen atoms in total. The minimum Gasteiger partial charge on any atom is -0.321 e. The average Bonchev–Trinajstić information content (AvgIpc) is 2.74. The summed E-state index contributed by atoms with van der Waals surface area (Å²) in [5.41, 5.74) is 1.20. The van der Waals surface area contributed by atoms with Crippen LogP contribution in [0, 0.1) is 0 Å². The summed E-state index contributed by atoms with van der Waals surface area (Å²) in [5.74, 6) is -0.785. The van der Waals surface area contributed by atoms with Crippen molar-refractivity contribution in [1.29, 1.82) is 0 Å². The molecular weight excluding hydrogens is 449 g/mol. The number of amides is 2. The Balaban J connectivity index is 1.66. The maximum absolute atomic E-state index is 12.5. The lowest BCUT2D eigenvalue weighted by Gasteiger charge is -2.23. The van der Waals surface area contributed by atoms with E-state index < -0.39 is 28.7 Å². The van der Waals surface area contributed by atoms with E-state index in [1.165, 1.54) is 21.9 Å². The number of alkyl halides is 3. The number of nitrogens with one attached hydrogen (secondary N) is 2. The number of hydrogen-bond donors (Lipinski definition) is 2. The van der Waals surface area contributed by atoms with Crippen molar-refractivity contribution >= 4 is 33.2 Å². The topological polar surface area (TPSA) is 108 Å². The number of sulfonamides is 1. The van der Waals surface area contributed by atoms with Crippen LogP contribution < -0.4 is 10.0 Å². The largest absolute Gasteiger partial charge is 0.402 e. The molecule has 12 heteroatoms. The van der Waals surface area contributed by atoms with Gasteiger partial charge in [0.25, 0.3) is 5.91 Å². The minimum atomic E-state index is -4.68. The quantitative estimate of drug-likeness (QED) is 0.651. The maximum Gasteiger partial charge on any atom is 0.402 e. The number of hydrogen-bond acceptors (Lipinski definition) is 5. The Morgan fingerprint density at radius 3 is 2.31 bits per heavy atom. The highest BCUT2D eigenvalue weighted by Crippen LogP contribution is 2.18. The maximum atomic E-state index is 12.5. The lowest BCUT2D eigenvalue weighted by Crippen LogP contribution is -2.36. The molecule has 0 aromatic heterocycles. The SMILES string of the molecule is O=C(Nc1ccc(S(=O)(=O)NCC(F)(F)F)cc1)C1=NN(Cc2ccccc2)C(=O)CC1. The van der Waals surface area contributed by atoms with E-state index in [1.54, 1.807) is 0 Å². The Kier molecular flexibility index (Phi) is 6.94. The van der Waals surface area contributed by atoms with Crippen molar-refractivity contribution in [2.24, 2.45) is 5.10 Å². The van der Waals surface area contributed by atoms with Crippen molar-refractivity contribution in [2.75, 3.05) is 11.9 Å². The predicted octanol–water partition coefficient (Wildman–Crippen LogP) is 2.64. The lowest BCUT2D eigenvalue weighted by molar-refractivity contribution is -0.132. The van der Waals surface area contributed by atoms with E-state index in [2.05, 4.69) is 10.4 Å². The van der Waals surface area contributed by atoms with Crippen LogP contribution in [0.3, 0.4) is 0 Å². The van der Waals surface area contributed by atoms with E-state index in [0.717, 1.165) is 17.7 Å². The molecule has 0 aliphatic carbocycles. The molecule has 2 aromatic rings. The van der Waals surface area contributed by atoms with Crippen molar-refractivity contribution in [2.45, 2.75) is 30.5 Å². The average molecular weight is 468 g/mol. The molecule has 0 saturated carbocycles.